The molecule has 0 aliphatic carbocycles. The van der Waals surface area contributed by atoms with Crippen LogP contribution in [0.2, 0.25) is 0 Å². The molecule has 0 spiro atoms. The standard InChI is InChI=1S/C24H24FN7O4S3/c1-4-37-24-31-29-22(39-24)27-20(33)13-38-23-30-28-19(12-26-21(34)14-6-5-7-15(25)10-14)32(23)17-11-16(35-2)8-9-18(17)36-3/h5-11H,4,12-13H2,1-3H3,(H,26,34)(H,27,29,33). The third kappa shape index (κ3) is 7.25. The number of carbonyl (C=O) groups excluding carboxylic acids is 2. The van der Waals surface area contributed by atoms with Crippen LogP contribution in [-0.4, -0.2) is 62.5 Å². The van der Waals surface area contributed by atoms with Crippen LogP contribution in [0.3, 0.4) is 0 Å². The van der Waals surface area contributed by atoms with E-state index in [0.717, 1.165) is 27.9 Å². The Labute approximate surface area is 235 Å². The SMILES string of the molecule is CCSc1nnc(NC(=O)CSc2nnc(CNC(=O)c3cccc(F)c3)n2-c2cc(OC)ccc2OC)s1. The van der Waals surface area contributed by atoms with Gasteiger partial charge in [0.05, 0.1) is 32.2 Å². The van der Waals surface area contributed by atoms with Gasteiger partial charge in [-0.15, -0.1) is 20.4 Å². The van der Waals surface area contributed by atoms with Crippen LogP contribution in [0.15, 0.2) is 52.0 Å². The lowest BCUT2D eigenvalue weighted by atomic mass is 10.2. The van der Waals surface area contributed by atoms with Gasteiger partial charge in [-0.1, -0.05) is 47.9 Å². The van der Waals surface area contributed by atoms with Crippen LogP contribution in [0.5, 0.6) is 11.5 Å². The largest absolute Gasteiger partial charge is 0.497 e. The quantitative estimate of drug-likeness (QED) is 0.184. The fourth-order valence-corrected chi connectivity index (χ4v) is 5.77. The maximum Gasteiger partial charge on any atom is 0.251 e. The molecular formula is C24H24FN7O4S3. The second-order valence-corrected chi connectivity index (χ2v) is 11.0. The minimum absolute atomic E-state index is 0.00982. The van der Waals surface area contributed by atoms with Crippen molar-refractivity contribution in [1.82, 2.24) is 30.3 Å². The fraction of sp³-hybridized carbons (Fsp3) is 0.250. The molecule has 0 saturated carbocycles. The zero-order valence-electron chi connectivity index (χ0n) is 21.1. The highest BCUT2D eigenvalue weighted by Crippen LogP contribution is 2.32. The highest BCUT2D eigenvalue weighted by Gasteiger charge is 2.21. The minimum Gasteiger partial charge on any atom is -0.497 e. The molecule has 0 aliphatic rings. The second kappa shape index (κ2) is 13.4. The number of ether oxygens (including phenoxy) is 2. The first-order valence-corrected chi connectivity index (χ1v) is 14.3. The molecule has 0 radical (unpaired) electrons. The molecule has 39 heavy (non-hydrogen) atoms. The van der Waals surface area contributed by atoms with Gasteiger partial charge in [0.15, 0.2) is 15.3 Å². The molecule has 15 heteroatoms. The summed E-state index contributed by atoms with van der Waals surface area (Å²) in [5.74, 6) is 0.986. The third-order valence-corrected chi connectivity index (χ3v) is 7.86. The van der Waals surface area contributed by atoms with Gasteiger partial charge in [-0.2, -0.15) is 0 Å². The number of hydrogen-bond acceptors (Lipinski definition) is 11. The molecule has 4 rings (SSSR count). The van der Waals surface area contributed by atoms with E-state index in [2.05, 4.69) is 31.0 Å². The molecule has 0 atom stereocenters. The van der Waals surface area contributed by atoms with Gasteiger partial charge < -0.3 is 14.8 Å². The van der Waals surface area contributed by atoms with Crippen LogP contribution in [-0.2, 0) is 11.3 Å². The molecule has 11 nitrogen and oxygen atoms in total. The Morgan fingerprint density at radius 3 is 2.64 bits per heavy atom. The number of amides is 2. The van der Waals surface area contributed by atoms with Crippen LogP contribution in [0.25, 0.3) is 5.69 Å². The van der Waals surface area contributed by atoms with Crippen molar-refractivity contribution in [3.8, 4) is 17.2 Å². The molecule has 2 heterocycles. The Hall–Kier alpha value is -3.69. The fourth-order valence-electron chi connectivity index (χ4n) is 3.34. The zero-order valence-corrected chi connectivity index (χ0v) is 23.6. The normalized spacial score (nSPS) is 10.8. The number of anilines is 1. The summed E-state index contributed by atoms with van der Waals surface area (Å²) in [4.78, 5) is 25.3. The van der Waals surface area contributed by atoms with Gasteiger partial charge in [-0.3, -0.25) is 19.5 Å². The van der Waals surface area contributed by atoms with Crippen molar-refractivity contribution >= 4 is 51.8 Å². The first-order chi connectivity index (χ1) is 18.9. The van der Waals surface area contributed by atoms with Crippen LogP contribution >= 0.6 is 34.9 Å². The summed E-state index contributed by atoms with van der Waals surface area (Å²) in [6, 6.07) is 10.6. The summed E-state index contributed by atoms with van der Waals surface area (Å²) < 4.78 is 27.0. The van der Waals surface area contributed by atoms with Gasteiger partial charge in [0, 0.05) is 11.6 Å². The smallest absolute Gasteiger partial charge is 0.251 e. The van der Waals surface area contributed by atoms with Crippen molar-refractivity contribution in [1.29, 1.82) is 0 Å². The molecule has 0 saturated heterocycles. The molecule has 2 N–H and O–H groups in total. The number of halogens is 1. The lowest BCUT2D eigenvalue weighted by Gasteiger charge is -2.15. The van der Waals surface area contributed by atoms with Crippen molar-refractivity contribution in [2.75, 3.05) is 31.0 Å². The third-order valence-electron chi connectivity index (χ3n) is 5.07. The first kappa shape index (κ1) is 28.3. The van der Waals surface area contributed by atoms with Gasteiger partial charge in [0.25, 0.3) is 5.91 Å². The maximum absolute atomic E-state index is 13.6. The number of thioether (sulfide) groups is 2. The van der Waals surface area contributed by atoms with Gasteiger partial charge in [-0.05, 0) is 36.1 Å². The summed E-state index contributed by atoms with van der Waals surface area (Å²) in [5, 5.41) is 22.8. The van der Waals surface area contributed by atoms with E-state index in [0.29, 0.717) is 33.3 Å². The first-order valence-electron chi connectivity index (χ1n) is 11.5. The number of rotatable bonds is 12. The van der Waals surface area contributed by atoms with E-state index in [-0.39, 0.29) is 23.8 Å². The van der Waals surface area contributed by atoms with E-state index in [4.69, 9.17) is 9.47 Å². The van der Waals surface area contributed by atoms with Gasteiger partial charge in [-0.25, -0.2) is 4.39 Å². The van der Waals surface area contributed by atoms with E-state index in [1.165, 1.54) is 43.8 Å². The van der Waals surface area contributed by atoms with Crippen LogP contribution in [0.1, 0.15) is 23.1 Å². The molecule has 0 aliphatic heterocycles. The lowest BCUT2D eigenvalue weighted by Crippen LogP contribution is -2.25. The number of carbonyl (C=O) groups is 2. The lowest BCUT2D eigenvalue weighted by molar-refractivity contribution is -0.113. The summed E-state index contributed by atoms with van der Waals surface area (Å²) in [6.45, 7) is 1.98. The van der Waals surface area contributed by atoms with Crippen molar-refractivity contribution < 1.29 is 23.5 Å². The Bertz CT molecular complexity index is 1460. The number of hydrogen-bond donors (Lipinski definition) is 2. The predicted molar refractivity (Wildman–Crippen MR) is 148 cm³/mol. The van der Waals surface area contributed by atoms with E-state index < -0.39 is 11.7 Å². The van der Waals surface area contributed by atoms with Crippen molar-refractivity contribution in [2.24, 2.45) is 0 Å². The number of benzene rings is 2. The number of aromatic nitrogens is 5. The zero-order chi connectivity index (χ0) is 27.8. The maximum atomic E-state index is 13.6. The highest BCUT2D eigenvalue weighted by atomic mass is 32.2. The van der Waals surface area contributed by atoms with Crippen molar-refractivity contribution in [3.63, 3.8) is 0 Å². The molecule has 2 amide bonds. The monoisotopic (exact) mass is 589 g/mol. The van der Waals surface area contributed by atoms with Gasteiger partial charge >= 0.3 is 0 Å². The van der Waals surface area contributed by atoms with Crippen LogP contribution < -0.4 is 20.1 Å². The summed E-state index contributed by atoms with van der Waals surface area (Å²) in [5.41, 5.74) is 0.716. The summed E-state index contributed by atoms with van der Waals surface area (Å²) in [6.07, 6.45) is 0. The van der Waals surface area contributed by atoms with Crippen LogP contribution in [0.4, 0.5) is 9.52 Å². The number of methoxy groups -OCH3 is 2. The van der Waals surface area contributed by atoms with Gasteiger partial charge in [0.1, 0.15) is 17.3 Å². The topological polar surface area (TPSA) is 133 Å². The molecule has 4 aromatic rings. The van der Waals surface area contributed by atoms with Crippen molar-refractivity contribution in [3.05, 3.63) is 59.7 Å². The molecule has 2 aromatic carbocycles. The number of nitrogens with one attached hydrogen (secondary N) is 2. The highest BCUT2D eigenvalue weighted by molar-refractivity contribution is 8.01. The molecule has 0 unspecified atom stereocenters. The van der Waals surface area contributed by atoms with E-state index in [1.54, 1.807) is 34.5 Å². The van der Waals surface area contributed by atoms with Crippen LogP contribution in [0, 0.1) is 5.82 Å². The van der Waals surface area contributed by atoms with E-state index in [1.807, 2.05) is 6.92 Å². The number of nitrogens with zero attached hydrogens (tertiary/aromatic N) is 5. The molecular weight excluding hydrogens is 566 g/mol. The molecule has 0 bridgehead atoms. The molecule has 204 valence electrons. The van der Waals surface area contributed by atoms with Gasteiger partial charge in [0.2, 0.25) is 11.0 Å². The minimum atomic E-state index is -0.516. The molecule has 0 fully saturated rings. The summed E-state index contributed by atoms with van der Waals surface area (Å²) in [7, 11) is 3.06. The Balaban J connectivity index is 1.56. The second-order valence-electron chi connectivity index (χ2n) is 7.61. The van der Waals surface area contributed by atoms with E-state index in [9.17, 15) is 14.0 Å². The average molecular weight is 590 g/mol. The Kier molecular flexibility index (Phi) is 9.73. The molecule has 2 aromatic heterocycles. The Morgan fingerprint density at radius 2 is 1.90 bits per heavy atom. The average Bonchev–Trinajstić information content (AvgIpc) is 3.56. The predicted octanol–water partition coefficient (Wildman–Crippen LogP) is 4.05. The summed E-state index contributed by atoms with van der Waals surface area (Å²) >= 11 is 3.99. The van der Waals surface area contributed by atoms with E-state index >= 15 is 0 Å². The Morgan fingerprint density at radius 1 is 1.05 bits per heavy atom. The van der Waals surface area contributed by atoms with Crippen molar-refractivity contribution in [2.45, 2.75) is 23.0 Å².